The van der Waals surface area contributed by atoms with Crippen molar-refractivity contribution < 1.29 is 4.79 Å². The average Bonchev–Trinajstić information content (AvgIpc) is 2.96. The van der Waals surface area contributed by atoms with Crippen molar-refractivity contribution in [2.24, 2.45) is 0 Å². The summed E-state index contributed by atoms with van der Waals surface area (Å²) < 4.78 is 0. The summed E-state index contributed by atoms with van der Waals surface area (Å²) in [5, 5.41) is 3.78. The minimum absolute atomic E-state index is 0.132. The van der Waals surface area contributed by atoms with Crippen LogP contribution in [-0.2, 0) is 4.79 Å². The van der Waals surface area contributed by atoms with Crippen molar-refractivity contribution >= 4 is 22.6 Å². The van der Waals surface area contributed by atoms with Crippen molar-refractivity contribution in [3.05, 3.63) is 60.9 Å². The number of H-pyrrole nitrogens is 1. The minimum Gasteiger partial charge on any atom is -0.344 e. The van der Waals surface area contributed by atoms with Crippen LogP contribution in [0.5, 0.6) is 0 Å². The van der Waals surface area contributed by atoms with Crippen LogP contribution in [0.25, 0.3) is 22.2 Å². The Morgan fingerprint density at radius 2 is 2.09 bits per heavy atom. The van der Waals surface area contributed by atoms with Gasteiger partial charge in [0.1, 0.15) is 5.65 Å². The average molecular weight is 291 g/mol. The van der Waals surface area contributed by atoms with Gasteiger partial charge in [0, 0.05) is 23.3 Å². The van der Waals surface area contributed by atoms with Gasteiger partial charge in [0.05, 0.1) is 5.69 Å². The van der Waals surface area contributed by atoms with Crippen LogP contribution in [0.4, 0.5) is 5.69 Å². The molecule has 0 spiro atoms. The molecule has 1 amide bonds. The van der Waals surface area contributed by atoms with Crippen LogP contribution in [0.1, 0.15) is 13.3 Å². The molecule has 4 nitrogen and oxygen atoms in total. The van der Waals surface area contributed by atoms with Gasteiger partial charge in [-0.25, -0.2) is 4.98 Å². The van der Waals surface area contributed by atoms with Crippen LogP contribution in [0, 0.1) is 0 Å². The molecule has 1 aromatic carbocycles. The van der Waals surface area contributed by atoms with Crippen molar-refractivity contribution in [1.29, 1.82) is 0 Å². The van der Waals surface area contributed by atoms with Crippen LogP contribution in [-0.4, -0.2) is 15.9 Å². The second-order valence-electron chi connectivity index (χ2n) is 4.99. The first kappa shape index (κ1) is 14.1. The quantitative estimate of drug-likeness (QED) is 0.710. The first-order valence-corrected chi connectivity index (χ1v) is 7.28. The maximum absolute atomic E-state index is 11.8. The summed E-state index contributed by atoms with van der Waals surface area (Å²) in [4.78, 5) is 19.3. The highest BCUT2D eigenvalue weighted by Gasteiger charge is 2.08. The van der Waals surface area contributed by atoms with Gasteiger partial charge in [-0.15, -0.1) is 0 Å². The molecule has 2 N–H and O–H groups in total. The fourth-order valence-corrected chi connectivity index (χ4v) is 2.29. The third kappa shape index (κ3) is 2.91. The summed E-state index contributed by atoms with van der Waals surface area (Å²) in [5.74, 6) is -0.132. The Morgan fingerprint density at radius 1 is 1.27 bits per heavy atom. The zero-order chi connectivity index (χ0) is 15.4. The highest BCUT2D eigenvalue weighted by Crippen LogP contribution is 2.27. The molecule has 2 heterocycles. The van der Waals surface area contributed by atoms with E-state index in [0.717, 1.165) is 34.3 Å². The Hall–Kier alpha value is -2.88. The lowest BCUT2D eigenvalue weighted by atomic mass is 10.1. The molecular formula is C18H17N3O. The van der Waals surface area contributed by atoms with Gasteiger partial charge in [0.2, 0.25) is 5.91 Å². The second-order valence-corrected chi connectivity index (χ2v) is 4.99. The monoisotopic (exact) mass is 291 g/mol. The summed E-state index contributed by atoms with van der Waals surface area (Å²) in [6.07, 6.45) is 7.81. The first-order chi connectivity index (χ1) is 10.8. The van der Waals surface area contributed by atoms with E-state index in [9.17, 15) is 4.79 Å². The number of carbonyl (C=O) groups excluding carboxylic acids is 1. The normalized spacial score (nSPS) is 11.1. The van der Waals surface area contributed by atoms with Crippen LogP contribution in [0.3, 0.4) is 0 Å². The Balaban J connectivity index is 1.95. The van der Waals surface area contributed by atoms with Gasteiger partial charge in [0.25, 0.3) is 0 Å². The largest absolute Gasteiger partial charge is 0.344 e. The summed E-state index contributed by atoms with van der Waals surface area (Å²) in [5.41, 5.74) is 3.62. The second kappa shape index (κ2) is 6.26. The van der Waals surface area contributed by atoms with E-state index in [4.69, 9.17) is 0 Å². The molecule has 0 radical (unpaired) electrons. The molecule has 0 aliphatic heterocycles. The number of anilines is 1. The summed E-state index contributed by atoms with van der Waals surface area (Å²) >= 11 is 0. The standard InChI is InChI=1S/C18H17N3O/c1-2-3-9-17(22)21-16-12-20-18-15(16)10-14(11-19-18)13-7-5-4-6-8-13/h3-12H,2H2,1H3,(H,19,20)(H,21,22)/b9-3+. The molecule has 3 rings (SSSR count). The maximum Gasteiger partial charge on any atom is 0.248 e. The number of hydrogen-bond acceptors (Lipinski definition) is 2. The number of rotatable bonds is 4. The van der Waals surface area contributed by atoms with Gasteiger partial charge in [-0.05, 0) is 24.1 Å². The number of aromatic nitrogens is 2. The molecule has 0 unspecified atom stereocenters. The van der Waals surface area contributed by atoms with Gasteiger partial charge >= 0.3 is 0 Å². The predicted octanol–water partition coefficient (Wildman–Crippen LogP) is 4.13. The smallest absolute Gasteiger partial charge is 0.248 e. The van der Waals surface area contributed by atoms with Crippen molar-refractivity contribution in [2.75, 3.05) is 5.32 Å². The maximum atomic E-state index is 11.8. The van der Waals surface area contributed by atoms with E-state index in [1.165, 1.54) is 0 Å². The number of fused-ring (bicyclic) bond motifs is 1. The number of hydrogen-bond donors (Lipinski definition) is 2. The SMILES string of the molecule is CC/C=C/C(=O)Nc1c[nH]c2ncc(-c3ccccc3)cc12. The molecule has 22 heavy (non-hydrogen) atoms. The Bertz CT molecular complexity index is 819. The van der Waals surface area contributed by atoms with Crippen molar-refractivity contribution in [1.82, 2.24) is 9.97 Å². The van der Waals surface area contributed by atoms with E-state index >= 15 is 0 Å². The fourth-order valence-electron chi connectivity index (χ4n) is 2.29. The topological polar surface area (TPSA) is 57.8 Å². The minimum atomic E-state index is -0.132. The lowest BCUT2D eigenvalue weighted by Crippen LogP contribution is -2.07. The number of allylic oxidation sites excluding steroid dienone is 1. The van der Waals surface area contributed by atoms with E-state index in [0.29, 0.717) is 0 Å². The van der Waals surface area contributed by atoms with Crippen molar-refractivity contribution in [3.63, 3.8) is 0 Å². The number of pyridine rings is 1. The van der Waals surface area contributed by atoms with Crippen LogP contribution < -0.4 is 5.32 Å². The zero-order valence-electron chi connectivity index (χ0n) is 12.3. The van der Waals surface area contributed by atoms with Gasteiger partial charge in [0.15, 0.2) is 0 Å². The van der Waals surface area contributed by atoms with Crippen LogP contribution in [0.2, 0.25) is 0 Å². The van der Waals surface area contributed by atoms with Gasteiger partial charge in [-0.2, -0.15) is 0 Å². The Morgan fingerprint density at radius 3 is 2.86 bits per heavy atom. The molecule has 0 fully saturated rings. The number of benzene rings is 1. The van der Waals surface area contributed by atoms with E-state index in [2.05, 4.69) is 15.3 Å². The molecule has 0 saturated carbocycles. The zero-order valence-corrected chi connectivity index (χ0v) is 12.3. The molecular weight excluding hydrogens is 274 g/mol. The van der Waals surface area contributed by atoms with E-state index in [1.807, 2.05) is 55.6 Å². The number of nitrogens with one attached hydrogen (secondary N) is 2. The highest BCUT2D eigenvalue weighted by molar-refractivity contribution is 6.05. The summed E-state index contributed by atoms with van der Waals surface area (Å²) in [7, 11) is 0. The van der Waals surface area contributed by atoms with Crippen LogP contribution in [0.15, 0.2) is 60.9 Å². The van der Waals surface area contributed by atoms with E-state index in [-0.39, 0.29) is 5.91 Å². The number of nitrogens with zero attached hydrogens (tertiary/aromatic N) is 1. The fraction of sp³-hybridized carbons (Fsp3) is 0.111. The molecule has 0 aliphatic carbocycles. The van der Waals surface area contributed by atoms with Crippen LogP contribution >= 0.6 is 0 Å². The van der Waals surface area contributed by atoms with E-state index < -0.39 is 0 Å². The molecule has 0 bridgehead atoms. The lowest BCUT2D eigenvalue weighted by molar-refractivity contribution is -0.111. The molecule has 0 aliphatic rings. The molecule has 0 saturated heterocycles. The van der Waals surface area contributed by atoms with Gasteiger partial charge < -0.3 is 10.3 Å². The Labute approximate surface area is 128 Å². The predicted molar refractivity (Wildman–Crippen MR) is 89.6 cm³/mol. The van der Waals surface area contributed by atoms with Gasteiger partial charge in [-0.3, -0.25) is 4.79 Å². The summed E-state index contributed by atoms with van der Waals surface area (Å²) in [6.45, 7) is 1.99. The van der Waals surface area contributed by atoms with Gasteiger partial charge in [-0.1, -0.05) is 43.3 Å². The third-order valence-corrected chi connectivity index (χ3v) is 3.40. The number of amides is 1. The number of aromatic amines is 1. The van der Waals surface area contributed by atoms with E-state index in [1.54, 1.807) is 12.3 Å². The molecule has 2 aromatic heterocycles. The molecule has 3 aromatic rings. The van der Waals surface area contributed by atoms with Crippen molar-refractivity contribution in [3.8, 4) is 11.1 Å². The lowest BCUT2D eigenvalue weighted by Gasteiger charge is -2.03. The Kier molecular flexibility index (Phi) is 4.01. The van der Waals surface area contributed by atoms with Crippen molar-refractivity contribution in [2.45, 2.75) is 13.3 Å². The summed E-state index contributed by atoms with van der Waals surface area (Å²) in [6, 6.07) is 12.1. The number of carbonyl (C=O) groups is 1. The molecule has 110 valence electrons. The third-order valence-electron chi connectivity index (χ3n) is 3.40. The highest BCUT2D eigenvalue weighted by atomic mass is 16.1. The molecule has 4 heteroatoms. The molecule has 0 atom stereocenters. The first-order valence-electron chi connectivity index (χ1n) is 7.28.